The normalized spacial score (nSPS) is 13.0. The molecule has 4 rings (SSSR count). The maximum Gasteiger partial charge on any atom is 0.337 e. The molecule has 0 aliphatic carbocycles. The van der Waals surface area contributed by atoms with Gasteiger partial charge in [-0.15, -0.1) is 0 Å². The maximum atomic E-state index is 12.9. The second-order valence-corrected chi connectivity index (χ2v) is 9.88. The standard InChI is InChI=1S/C30H32N4O5S/c1-20(2)39-24-11-7-10-22(18-24)27(35)32-30(40)31-25-19-23(29(37)38-3)12-13-26(25)33-14-16-34(17-15-33)28(36)21-8-5-4-6-9-21/h4-13,18-20H,14-17H2,1-3H3,(H2,31,32,35,40). The van der Waals surface area contributed by atoms with Crippen LogP contribution in [0.4, 0.5) is 11.4 Å². The summed E-state index contributed by atoms with van der Waals surface area (Å²) in [7, 11) is 1.31. The number of carbonyl (C=O) groups is 3. The Bertz CT molecular complexity index is 1390. The zero-order valence-electron chi connectivity index (χ0n) is 22.7. The molecule has 2 N–H and O–H groups in total. The molecule has 3 aromatic carbocycles. The topological polar surface area (TPSA) is 100 Å². The fourth-order valence-electron chi connectivity index (χ4n) is 4.38. The lowest BCUT2D eigenvalue weighted by atomic mass is 10.1. The minimum Gasteiger partial charge on any atom is -0.491 e. The fraction of sp³-hybridized carbons (Fsp3) is 0.267. The van der Waals surface area contributed by atoms with Crippen LogP contribution in [0.15, 0.2) is 72.8 Å². The van der Waals surface area contributed by atoms with Crippen LogP contribution in [-0.2, 0) is 4.74 Å². The van der Waals surface area contributed by atoms with Gasteiger partial charge in [-0.05, 0) is 74.6 Å². The Hall–Kier alpha value is -4.44. The fourth-order valence-corrected chi connectivity index (χ4v) is 4.58. The molecule has 0 unspecified atom stereocenters. The van der Waals surface area contributed by atoms with Crippen LogP contribution in [0.25, 0.3) is 0 Å². The molecular formula is C30H32N4O5S. The number of amides is 2. The highest BCUT2D eigenvalue weighted by molar-refractivity contribution is 7.80. The van der Waals surface area contributed by atoms with Crippen molar-refractivity contribution in [2.75, 3.05) is 43.5 Å². The summed E-state index contributed by atoms with van der Waals surface area (Å²) >= 11 is 5.46. The molecule has 0 radical (unpaired) electrons. The van der Waals surface area contributed by atoms with Crippen LogP contribution >= 0.6 is 12.2 Å². The van der Waals surface area contributed by atoms with Crippen LogP contribution in [0.1, 0.15) is 44.9 Å². The van der Waals surface area contributed by atoms with E-state index in [2.05, 4.69) is 15.5 Å². The van der Waals surface area contributed by atoms with E-state index in [-0.39, 0.29) is 17.1 Å². The first-order valence-electron chi connectivity index (χ1n) is 13.0. The molecule has 0 spiro atoms. The highest BCUT2D eigenvalue weighted by atomic mass is 32.1. The van der Waals surface area contributed by atoms with Gasteiger partial charge in [0.25, 0.3) is 11.8 Å². The van der Waals surface area contributed by atoms with E-state index in [0.717, 1.165) is 5.69 Å². The van der Waals surface area contributed by atoms with Gasteiger partial charge in [0.05, 0.1) is 30.2 Å². The quantitative estimate of drug-likeness (QED) is 0.325. The van der Waals surface area contributed by atoms with Crippen molar-refractivity contribution in [2.24, 2.45) is 0 Å². The highest BCUT2D eigenvalue weighted by Gasteiger charge is 2.24. The summed E-state index contributed by atoms with van der Waals surface area (Å²) in [6, 6.07) is 21.2. The van der Waals surface area contributed by atoms with Crippen molar-refractivity contribution in [3.63, 3.8) is 0 Å². The van der Waals surface area contributed by atoms with Gasteiger partial charge in [0.1, 0.15) is 5.75 Å². The van der Waals surface area contributed by atoms with Gasteiger partial charge in [-0.2, -0.15) is 0 Å². The van der Waals surface area contributed by atoms with Crippen molar-refractivity contribution in [1.82, 2.24) is 10.2 Å². The third-order valence-electron chi connectivity index (χ3n) is 6.29. The Kier molecular flexibility index (Phi) is 9.34. The molecule has 3 aromatic rings. The van der Waals surface area contributed by atoms with Gasteiger partial charge in [-0.1, -0.05) is 24.3 Å². The number of carbonyl (C=O) groups excluding carboxylic acids is 3. The number of nitrogens with one attached hydrogen (secondary N) is 2. The molecule has 1 aliphatic heterocycles. The minimum atomic E-state index is -0.496. The maximum absolute atomic E-state index is 12.9. The second-order valence-electron chi connectivity index (χ2n) is 9.47. The number of hydrogen-bond donors (Lipinski definition) is 2. The lowest BCUT2D eigenvalue weighted by Crippen LogP contribution is -2.49. The van der Waals surface area contributed by atoms with E-state index in [9.17, 15) is 14.4 Å². The smallest absolute Gasteiger partial charge is 0.337 e. The van der Waals surface area contributed by atoms with E-state index in [4.69, 9.17) is 21.7 Å². The van der Waals surface area contributed by atoms with Gasteiger partial charge >= 0.3 is 5.97 Å². The lowest BCUT2D eigenvalue weighted by molar-refractivity contribution is 0.0600. The van der Waals surface area contributed by atoms with Crippen LogP contribution < -0.4 is 20.3 Å². The molecule has 9 nitrogen and oxygen atoms in total. The van der Waals surface area contributed by atoms with Crippen molar-refractivity contribution < 1.29 is 23.9 Å². The Balaban J connectivity index is 1.47. The van der Waals surface area contributed by atoms with Crippen molar-refractivity contribution in [1.29, 1.82) is 0 Å². The number of thiocarbonyl (C=S) groups is 1. The SMILES string of the molecule is COC(=O)c1ccc(N2CCN(C(=O)c3ccccc3)CC2)c(NC(=S)NC(=O)c2cccc(OC(C)C)c2)c1. The number of anilines is 2. The molecule has 1 fully saturated rings. The molecule has 1 aliphatic rings. The third-order valence-corrected chi connectivity index (χ3v) is 6.49. The number of ether oxygens (including phenoxy) is 2. The zero-order chi connectivity index (χ0) is 28.6. The summed E-state index contributed by atoms with van der Waals surface area (Å²) in [6.45, 7) is 6.03. The van der Waals surface area contributed by atoms with E-state index in [1.807, 2.05) is 49.1 Å². The average Bonchev–Trinajstić information content (AvgIpc) is 2.96. The predicted octanol–water partition coefficient (Wildman–Crippen LogP) is 4.35. The summed E-state index contributed by atoms with van der Waals surface area (Å²) in [5.74, 6) is -0.318. The van der Waals surface area contributed by atoms with Crippen LogP contribution in [-0.4, -0.2) is 67.2 Å². The van der Waals surface area contributed by atoms with Gasteiger partial charge in [0.15, 0.2) is 5.11 Å². The number of hydrogen-bond acceptors (Lipinski definition) is 7. The number of nitrogens with zero attached hydrogens (tertiary/aromatic N) is 2. The summed E-state index contributed by atoms with van der Waals surface area (Å²) < 4.78 is 10.6. The first-order valence-corrected chi connectivity index (χ1v) is 13.4. The zero-order valence-corrected chi connectivity index (χ0v) is 23.5. The third kappa shape index (κ3) is 7.15. The Morgan fingerprint density at radius 2 is 1.55 bits per heavy atom. The van der Waals surface area contributed by atoms with Gasteiger partial charge in [-0.25, -0.2) is 4.79 Å². The number of rotatable bonds is 7. The van der Waals surface area contributed by atoms with Crippen LogP contribution in [0, 0.1) is 0 Å². The predicted molar refractivity (Wildman–Crippen MR) is 158 cm³/mol. The number of piperazine rings is 1. The summed E-state index contributed by atoms with van der Waals surface area (Å²) in [5, 5.41) is 5.84. The Morgan fingerprint density at radius 1 is 0.850 bits per heavy atom. The summed E-state index contributed by atoms with van der Waals surface area (Å²) in [5.41, 5.74) is 2.70. The van der Waals surface area contributed by atoms with Crippen LogP contribution in [0.5, 0.6) is 5.75 Å². The van der Waals surface area contributed by atoms with E-state index >= 15 is 0 Å². The molecular weight excluding hydrogens is 528 g/mol. The Labute approximate surface area is 239 Å². The first kappa shape index (κ1) is 28.6. The summed E-state index contributed by atoms with van der Waals surface area (Å²) in [6.07, 6.45) is -0.0279. The van der Waals surface area contributed by atoms with Gasteiger partial charge in [-0.3, -0.25) is 14.9 Å². The van der Waals surface area contributed by atoms with Crippen molar-refractivity contribution in [2.45, 2.75) is 20.0 Å². The number of benzene rings is 3. The molecule has 1 heterocycles. The monoisotopic (exact) mass is 560 g/mol. The lowest BCUT2D eigenvalue weighted by Gasteiger charge is -2.37. The van der Waals surface area contributed by atoms with E-state index < -0.39 is 11.9 Å². The molecule has 40 heavy (non-hydrogen) atoms. The van der Waals surface area contributed by atoms with E-state index in [0.29, 0.717) is 54.3 Å². The first-order chi connectivity index (χ1) is 19.2. The average molecular weight is 561 g/mol. The molecule has 0 bridgehead atoms. The molecule has 10 heteroatoms. The largest absolute Gasteiger partial charge is 0.491 e. The van der Waals surface area contributed by atoms with Gasteiger partial charge < -0.3 is 24.6 Å². The second kappa shape index (κ2) is 13.1. The highest BCUT2D eigenvalue weighted by Crippen LogP contribution is 2.29. The van der Waals surface area contributed by atoms with E-state index in [1.165, 1.54) is 7.11 Å². The van der Waals surface area contributed by atoms with Gasteiger partial charge in [0, 0.05) is 37.3 Å². The number of methoxy groups -OCH3 is 1. The molecule has 208 valence electrons. The molecule has 2 amide bonds. The number of esters is 1. The molecule has 1 saturated heterocycles. The van der Waals surface area contributed by atoms with Crippen molar-refractivity contribution in [3.05, 3.63) is 89.5 Å². The van der Waals surface area contributed by atoms with Gasteiger partial charge in [0.2, 0.25) is 0 Å². The molecule has 0 aromatic heterocycles. The van der Waals surface area contributed by atoms with E-state index in [1.54, 1.807) is 42.5 Å². The van der Waals surface area contributed by atoms with Crippen LogP contribution in [0.3, 0.4) is 0 Å². The van der Waals surface area contributed by atoms with Crippen molar-refractivity contribution >= 4 is 46.5 Å². The van der Waals surface area contributed by atoms with Crippen molar-refractivity contribution in [3.8, 4) is 5.75 Å². The Morgan fingerprint density at radius 3 is 2.23 bits per heavy atom. The minimum absolute atomic E-state index is 0.00797. The van der Waals surface area contributed by atoms with Crippen LogP contribution in [0.2, 0.25) is 0 Å². The molecule has 0 atom stereocenters. The molecule has 0 saturated carbocycles. The summed E-state index contributed by atoms with van der Waals surface area (Å²) in [4.78, 5) is 41.9.